The average molecular weight is 454 g/mol. The predicted octanol–water partition coefficient (Wildman–Crippen LogP) is 5.67. The first-order valence-corrected chi connectivity index (χ1v) is 10.9. The summed E-state index contributed by atoms with van der Waals surface area (Å²) in [4.78, 5) is 7.98. The van der Waals surface area contributed by atoms with Crippen molar-refractivity contribution in [2.45, 2.75) is 26.0 Å². The molecule has 32 heavy (non-hydrogen) atoms. The van der Waals surface area contributed by atoms with Crippen LogP contribution in [0.5, 0.6) is 11.5 Å². The van der Waals surface area contributed by atoms with Gasteiger partial charge in [0, 0.05) is 24.1 Å². The van der Waals surface area contributed by atoms with Crippen molar-refractivity contribution < 1.29 is 13.9 Å². The largest absolute Gasteiger partial charge is 0.493 e. The lowest BCUT2D eigenvalue weighted by molar-refractivity contribution is 0.280. The van der Waals surface area contributed by atoms with Crippen LogP contribution in [0.3, 0.4) is 0 Å². The smallest absolute Gasteiger partial charge is 0.166 e. The normalized spacial score (nSPS) is 11.1. The summed E-state index contributed by atoms with van der Waals surface area (Å²) in [5.41, 5.74) is 3.75. The van der Waals surface area contributed by atoms with E-state index in [1.54, 1.807) is 13.2 Å². The lowest BCUT2D eigenvalue weighted by Gasteiger charge is -2.16. The second-order valence-corrected chi connectivity index (χ2v) is 7.86. The number of ether oxygens (including phenoxy) is 2. The summed E-state index contributed by atoms with van der Waals surface area (Å²) >= 11 is 6.13. The van der Waals surface area contributed by atoms with Crippen LogP contribution in [0.15, 0.2) is 60.7 Å². The minimum Gasteiger partial charge on any atom is -0.493 e. The molecule has 0 spiro atoms. The fraction of sp³-hybridized carbons (Fsp3) is 0.240. The van der Waals surface area contributed by atoms with Gasteiger partial charge in [-0.1, -0.05) is 41.9 Å². The van der Waals surface area contributed by atoms with E-state index in [0.29, 0.717) is 28.6 Å². The van der Waals surface area contributed by atoms with Gasteiger partial charge in [-0.15, -0.1) is 0 Å². The van der Waals surface area contributed by atoms with Crippen LogP contribution < -0.4 is 14.8 Å². The average Bonchev–Trinajstić information content (AvgIpc) is 3.21. The maximum absolute atomic E-state index is 13.3. The van der Waals surface area contributed by atoms with E-state index in [4.69, 9.17) is 21.1 Å². The lowest BCUT2D eigenvalue weighted by Crippen LogP contribution is -2.16. The zero-order valence-corrected chi connectivity index (χ0v) is 18.6. The van der Waals surface area contributed by atoms with E-state index < -0.39 is 0 Å². The Kier molecular flexibility index (Phi) is 7.24. The zero-order chi connectivity index (χ0) is 22.3. The highest BCUT2D eigenvalue weighted by Crippen LogP contribution is 2.32. The molecular weight excluding hydrogens is 429 g/mol. The predicted molar refractivity (Wildman–Crippen MR) is 125 cm³/mol. The molecule has 166 valence electrons. The molecule has 0 radical (unpaired) electrons. The van der Waals surface area contributed by atoms with Crippen molar-refractivity contribution in [3.05, 3.63) is 88.5 Å². The molecule has 0 fully saturated rings. The number of aryl methyl sites for hydroxylation is 1. The highest BCUT2D eigenvalue weighted by atomic mass is 35.5. The number of fused-ring (bicyclic) bond motifs is 1. The third-order valence-corrected chi connectivity index (χ3v) is 5.54. The topological polar surface area (TPSA) is 59.2 Å². The summed E-state index contributed by atoms with van der Waals surface area (Å²) in [5.74, 6) is 1.92. The van der Waals surface area contributed by atoms with E-state index in [9.17, 15) is 4.39 Å². The first-order chi connectivity index (χ1) is 15.6. The zero-order valence-electron chi connectivity index (χ0n) is 17.8. The first-order valence-electron chi connectivity index (χ1n) is 10.5. The van der Waals surface area contributed by atoms with Crippen molar-refractivity contribution in [2.75, 3.05) is 13.7 Å². The number of aromatic amines is 1. The van der Waals surface area contributed by atoms with Crippen LogP contribution in [0.25, 0.3) is 11.0 Å². The molecule has 0 bridgehead atoms. The van der Waals surface area contributed by atoms with Crippen LogP contribution in [-0.4, -0.2) is 23.6 Å². The molecule has 0 atom stereocenters. The molecular formula is C25H25ClFN3O2. The van der Waals surface area contributed by atoms with Gasteiger partial charge in [0.15, 0.2) is 11.5 Å². The first kappa shape index (κ1) is 22.1. The fourth-order valence-electron chi connectivity index (χ4n) is 3.54. The maximum Gasteiger partial charge on any atom is 0.166 e. The van der Waals surface area contributed by atoms with Crippen LogP contribution in [-0.2, 0) is 19.6 Å². The van der Waals surface area contributed by atoms with Gasteiger partial charge in [-0.05, 0) is 43.3 Å². The van der Waals surface area contributed by atoms with Crippen molar-refractivity contribution in [3.8, 4) is 11.5 Å². The monoisotopic (exact) mass is 453 g/mol. The summed E-state index contributed by atoms with van der Waals surface area (Å²) in [6.07, 6.45) is 1.82. The Morgan fingerprint density at radius 2 is 1.94 bits per heavy atom. The fourth-order valence-corrected chi connectivity index (χ4v) is 3.76. The molecule has 2 N–H and O–H groups in total. The molecule has 4 aromatic rings. The summed E-state index contributed by atoms with van der Waals surface area (Å²) in [6, 6.07) is 18.1. The van der Waals surface area contributed by atoms with Crippen LogP contribution in [0, 0.1) is 5.82 Å². The van der Waals surface area contributed by atoms with Gasteiger partial charge in [-0.3, -0.25) is 0 Å². The molecule has 0 aliphatic rings. The Morgan fingerprint density at radius 1 is 1.06 bits per heavy atom. The summed E-state index contributed by atoms with van der Waals surface area (Å²) in [6.45, 7) is 1.68. The Balaban J connectivity index is 1.33. The lowest BCUT2D eigenvalue weighted by atomic mass is 10.1. The van der Waals surface area contributed by atoms with Crippen molar-refractivity contribution in [3.63, 3.8) is 0 Å². The number of halogens is 2. The van der Waals surface area contributed by atoms with Crippen LogP contribution in [0.2, 0.25) is 5.02 Å². The van der Waals surface area contributed by atoms with Crippen LogP contribution >= 0.6 is 11.6 Å². The van der Waals surface area contributed by atoms with Gasteiger partial charge in [-0.2, -0.15) is 0 Å². The number of hydrogen-bond donors (Lipinski definition) is 2. The molecule has 7 heteroatoms. The quantitative estimate of drug-likeness (QED) is 0.304. The van der Waals surface area contributed by atoms with E-state index in [1.807, 2.05) is 42.5 Å². The Labute approximate surface area is 191 Å². The number of nitrogens with zero attached hydrogens (tertiary/aromatic N) is 1. The minimum absolute atomic E-state index is 0.221. The number of methoxy groups -OCH3 is 1. The van der Waals surface area contributed by atoms with Crippen molar-refractivity contribution in [1.29, 1.82) is 0 Å². The third kappa shape index (κ3) is 5.39. The molecule has 1 aromatic heterocycles. The van der Waals surface area contributed by atoms with Crippen molar-refractivity contribution in [1.82, 2.24) is 15.3 Å². The number of hydrogen-bond acceptors (Lipinski definition) is 4. The third-order valence-electron chi connectivity index (χ3n) is 5.19. The molecule has 0 unspecified atom stereocenters. The van der Waals surface area contributed by atoms with Crippen molar-refractivity contribution in [2.24, 2.45) is 0 Å². The standard InChI is InChI=1S/C25H25ClFN3O2/c1-31-23-9-4-6-17(25(23)32-16-18-11-12-19(27)14-20(18)26)15-28-13-5-10-24-29-21-7-2-3-8-22(21)30-24/h2-4,6-9,11-12,14,28H,5,10,13,15-16H2,1H3,(H,29,30). The minimum atomic E-state index is -0.372. The molecule has 0 saturated heterocycles. The molecule has 1 heterocycles. The number of rotatable bonds is 10. The van der Waals surface area contributed by atoms with E-state index in [0.717, 1.165) is 41.8 Å². The number of benzene rings is 3. The van der Waals surface area contributed by atoms with Crippen LogP contribution in [0.4, 0.5) is 4.39 Å². The number of nitrogens with one attached hydrogen (secondary N) is 2. The molecule has 5 nitrogen and oxygen atoms in total. The summed E-state index contributed by atoms with van der Waals surface area (Å²) < 4.78 is 24.8. The Morgan fingerprint density at radius 3 is 2.75 bits per heavy atom. The second kappa shape index (κ2) is 10.5. The van der Waals surface area contributed by atoms with E-state index in [-0.39, 0.29) is 12.4 Å². The maximum atomic E-state index is 13.3. The molecule has 0 aliphatic carbocycles. The van der Waals surface area contributed by atoms with Gasteiger partial charge in [0.05, 0.1) is 23.2 Å². The molecule has 4 rings (SSSR count). The van der Waals surface area contributed by atoms with E-state index in [2.05, 4.69) is 15.3 Å². The van der Waals surface area contributed by atoms with Gasteiger partial charge in [0.25, 0.3) is 0 Å². The second-order valence-electron chi connectivity index (χ2n) is 7.45. The summed E-state index contributed by atoms with van der Waals surface area (Å²) in [5, 5.41) is 3.80. The van der Waals surface area contributed by atoms with E-state index in [1.165, 1.54) is 12.1 Å². The summed E-state index contributed by atoms with van der Waals surface area (Å²) in [7, 11) is 1.61. The van der Waals surface area contributed by atoms with Gasteiger partial charge in [0.1, 0.15) is 18.2 Å². The van der Waals surface area contributed by atoms with Gasteiger partial charge >= 0.3 is 0 Å². The number of imidazole rings is 1. The molecule has 0 amide bonds. The molecule has 3 aromatic carbocycles. The van der Waals surface area contributed by atoms with E-state index >= 15 is 0 Å². The SMILES string of the molecule is COc1cccc(CNCCCc2nc3ccccc3[nH]2)c1OCc1ccc(F)cc1Cl. The molecule has 0 saturated carbocycles. The Hall–Kier alpha value is -3.09. The highest BCUT2D eigenvalue weighted by molar-refractivity contribution is 6.31. The molecule has 0 aliphatic heterocycles. The number of H-pyrrole nitrogens is 1. The number of para-hydroxylation sites is 3. The Bertz CT molecular complexity index is 1160. The van der Waals surface area contributed by atoms with Gasteiger partial charge < -0.3 is 19.8 Å². The highest BCUT2D eigenvalue weighted by Gasteiger charge is 2.12. The van der Waals surface area contributed by atoms with Crippen molar-refractivity contribution >= 4 is 22.6 Å². The van der Waals surface area contributed by atoms with Crippen LogP contribution in [0.1, 0.15) is 23.4 Å². The van der Waals surface area contributed by atoms with Gasteiger partial charge in [-0.25, -0.2) is 9.37 Å². The number of aromatic nitrogens is 2. The van der Waals surface area contributed by atoms with Gasteiger partial charge in [0.2, 0.25) is 0 Å².